The van der Waals surface area contributed by atoms with Gasteiger partial charge in [-0.25, -0.2) is 0 Å². The first-order valence-corrected chi connectivity index (χ1v) is 6.68. The molecule has 0 bridgehead atoms. The van der Waals surface area contributed by atoms with Crippen molar-refractivity contribution < 1.29 is 4.74 Å². The third-order valence-electron chi connectivity index (χ3n) is 3.20. The molecule has 1 unspecified atom stereocenters. The normalized spacial score (nSPS) is 11.5. The Hall–Kier alpha value is -1.51. The molecule has 2 nitrogen and oxygen atoms in total. The lowest BCUT2D eigenvalue weighted by atomic mass is 10.1. The van der Waals surface area contributed by atoms with E-state index in [2.05, 4.69) is 54.7 Å². The van der Waals surface area contributed by atoms with Crippen LogP contribution in [0.2, 0.25) is 0 Å². The summed E-state index contributed by atoms with van der Waals surface area (Å²) in [5.41, 5.74) is 2.65. The summed E-state index contributed by atoms with van der Waals surface area (Å²) < 4.78 is 5.15. The van der Waals surface area contributed by atoms with Crippen LogP contribution in [-0.4, -0.2) is 13.2 Å². The largest absolute Gasteiger partial charge is 0.497 e. The minimum atomic E-state index is 0. The number of hydrogen-bond donors (Lipinski definition) is 1. The van der Waals surface area contributed by atoms with Crippen molar-refractivity contribution in [1.29, 1.82) is 0 Å². The zero-order chi connectivity index (χ0) is 13.5. The monoisotopic (exact) mass is 291 g/mol. The van der Waals surface area contributed by atoms with E-state index in [0.717, 1.165) is 18.7 Å². The lowest BCUT2D eigenvalue weighted by molar-refractivity contribution is 0.414. The fourth-order valence-corrected chi connectivity index (χ4v) is 2.08. The molecular formula is C17H22ClNO. The van der Waals surface area contributed by atoms with Crippen LogP contribution in [-0.2, 0) is 13.0 Å². The zero-order valence-electron chi connectivity index (χ0n) is 12.0. The number of benzene rings is 2. The van der Waals surface area contributed by atoms with Gasteiger partial charge in [0.15, 0.2) is 0 Å². The third-order valence-corrected chi connectivity index (χ3v) is 3.20. The number of ether oxygens (including phenoxy) is 1. The first kappa shape index (κ1) is 16.5. The Morgan fingerprint density at radius 3 is 2.20 bits per heavy atom. The molecule has 2 aromatic carbocycles. The van der Waals surface area contributed by atoms with Gasteiger partial charge in [0.1, 0.15) is 5.75 Å². The first-order chi connectivity index (χ1) is 9.28. The van der Waals surface area contributed by atoms with E-state index in [1.807, 2.05) is 12.1 Å². The van der Waals surface area contributed by atoms with Gasteiger partial charge in [-0.1, -0.05) is 42.5 Å². The highest BCUT2D eigenvalue weighted by atomic mass is 35.5. The van der Waals surface area contributed by atoms with Crippen molar-refractivity contribution in [1.82, 2.24) is 5.32 Å². The Labute approximate surface area is 127 Å². The van der Waals surface area contributed by atoms with Gasteiger partial charge in [0, 0.05) is 12.6 Å². The molecule has 0 saturated heterocycles. The molecule has 0 heterocycles. The van der Waals surface area contributed by atoms with E-state index in [1.165, 1.54) is 11.1 Å². The van der Waals surface area contributed by atoms with Gasteiger partial charge in [-0.05, 0) is 36.6 Å². The summed E-state index contributed by atoms with van der Waals surface area (Å²) in [6, 6.07) is 19.2. The highest BCUT2D eigenvalue weighted by Crippen LogP contribution is 2.11. The van der Waals surface area contributed by atoms with Crippen LogP contribution in [0, 0.1) is 0 Å². The molecule has 0 aromatic heterocycles. The molecule has 1 N–H and O–H groups in total. The van der Waals surface area contributed by atoms with Crippen molar-refractivity contribution in [3.8, 4) is 5.75 Å². The molecule has 0 aliphatic rings. The molecule has 3 heteroatoms. The van der Waals surface area contributed by atoms with Gasteiger partial charge in [0.25, 0.3) is 0 Å². The van der Waals surface area contributed by atoms with E-state index in [9.17, 15) is 0 Å². The van der Waals surface area contributed by atoms with Gasteiger partial charge in [-0.3, -0.25) is 0 Å². The molecule has 0 spiro atoms. The van der Waals surface area contributed by atoms with Crippen molar-refractivity contribution in [3.63, 3.8) is 0 Å². The van der Waals surface area contributed by atoms with Gasteiger partial charge in [-0.15, -0.1) is 12.4 Å². The molecule has 2 aromatic rings. The molecule has 108 valence electrons. The zero-order valence-corrected chi connectivity index (χ0v) is 12.8. The van der Waals surface area contributed by atoms with Crippen LogP contribution < -0.4 is 10.1 Å². The molecule has 20 heavy (non-hydrogen) atoms. The summed E-state index contributed by atoms with van der Waals surface area (Å²) in [6.07, 6.45) is 1.05. The molecular weight excluding hydrogens is 270 g/mol. The van der Waals surface area contributed by atoms with Crippen molar-refractivity contribution in [2.45, 2.75) is 25.9 Å². The second-order valence-electron chi connectivity index (χ2n) is 4.82. The number of hydrogen-bond acceptors (Lipinski definition) is 2. The van der Waals surface area contributed by atoms with Crippen LogP contribution in [0.4, 0.5) is 0 Å². The maximum absolute atomic E-state index is 5.15. The maximum atomic E-state index is 5.15. The summed E-state index contributed by atoms with van der Waals surface area (Å²) in [5.74, 6) is 0.904. The van der Waals surface area contributed by atoms with E-state index in [1.54, 1.807) is 7.11 Å². The van der Waals surface area contributed by atoms with Gasteiger partial charge in [0.05, 0.1) is 7.11 Å². The fourth-order valence-electron chi connectivity index (χ4n) is 2.08. The number of methoxy groups -OCH3 is 1. The fraction of sp³-hybridized carbons (Fsp3) is 0.294. The van der Waals surface area contributed by atoms with E-state index in [0.29, 0.717) is 6.04 Å². The lowest BCUT2D eigenvalue weighted by Gasteiger charge is -2.14. The van der Waals surface area contributed by atoms with Crippen molar-refractivity contribution in [2.24, 2.45) is 0 Å². The highest BCUT2D eigenvalue weighted by Gasteiger charge is 2.03. The van der Waals surface area contributed by atoms with Gasteiger partial charge >= 0.3 is 0 Å². The smallest absolute Gasteiger partial charge is 0.118 e. The van der Waals surface area contributed by atoms with Crippen LogP contribution in [0.25, 0.3) is 0 Å². The minimum Gasteiger partial charge on any atom is -0.497 e. The van der Waals surface area contributed by atoms with Gasteiger partial charge < -0.3 is 10.1 Å². The summed E-state index contributed by atoms with van der Waals surface area (Å²) >= 11 is 0. The third kappa shape index (κ3) is 5.24. The van der Waals surface area contributed by atoms with Crippen LogP contribution in [0.3, 0.4) is 0 Å². The van der Waals surface area contributed by atoms with Crippen LogP contribution >= 0.6 is 12.4 Å². The SMILES string of the molecule is COc1ccc(CNC(C)Cc2ccccc2)cc1.Cl. The first-order valence-electron chi connectivity index (χ1n) is 6.68. The van der Waals surface area contributed by atoms with E-state index in [-0.39, 0.29) is 12.4 Å². The predicted molar refractivity (Wildman–Crippen MR) is 86.7 cm³/mol. The summed E-state index contributed by atoms with van der Waals surface area (Å²) in [6.45, 7) is 3.11. The van der Waals surface area contributed by atoms with Crippen molar-refractivity contribution in [3.05, 3.63) is 65.7 Å². The number of nitrogens with one attached hydrogen (secondary N) is 1. The summed E-state index contributed by atoms with van der Waals surface area (Å²) in [7, 11) is 1.69. The second kappa shape index (κ2) is 8.62. The second-order valence-corrected chi connectivity index (χ2v) is 4.82. The molecule has 0 radical (unpaired) electrons. The molecule has 0 saturated carbocycles. The Morgan fingerprint density at radius 1 is 0.950 bits per heavy atom. The van der Waals surface area contributed by atoms with Gasteiger partial charge in [-0.2, -0.15) is 0 Å². The molecule has 0 amide bonds. The highest BCUT2D eigenvalue weighted by molar-refractivity contribution is 5.85. The standard InChI is InChI=1S/C17H21NO.ClH/c1-14(12-15-6-4-3-5-7-15)18-13-16-8-10-17(19-2)11-9-16;/h3-11,14,18H,12-13H2,1-2H3;1H. The number of halogens is 1. The van der Waals surface area contributed by atoms with Crippen LogP contribution in [0.5, 0.6) is 5.75 Å². The Balaban J connectivity index is 0.00000200. The average molecular weight is 292 g/mol. The Bertz CT molecular complexity index is 484. The molecule has 1 atom stereocenters. The van der Waals surface area contributed by atoms with E-state index >= 15 is 0 Å². The van der Waals surface area contributed by atoms with Crippen LogP contribution in [0.1, 0.15) is 18.1 Å². The average Bonchev–Trinajstić information content (AvgIpc) is 2.47. The maximum Gasteiger partial charge on any atom is 0.118 e. The topological polar surface area (TPSA) is 21.3 Å². The quantitative estimate of drug-likeness (QED) is 0.873. The van der Waals surface area contributed by atoms with E-state index in [4.69, 9.17) is 4.74 Å². The lowest BCUT2D eigenvalue weighted by Crippen LogP contribution is -2.27. The Morgan fingerprint density at radius 2 is 1.60 bits per heavy atom. The molecule has 2 rings (SSSR count). The van der Waals surface area contributed by atoms with Gasteiger partial charge in [0.2, 0.25) is 0 Å². The van der Waals surface area contributed by atoms with Crippen LogP contribution in [0.15, 0.2) is 54.6 Å². The number of rotatable bonds is 6. The van der Waals surface area contributed by atoms with Crippen molar-refractivity contribution >= 4 is 12.4 Å². The summed E-state index contributed by atoms with van der Waals surface area (Å²) in [4.78, 5) is 0. The minimum absolute atomic E-state index is 0. The molecule has 0 fully saturated rings. The summed E-state index contributed by atoms with van der Waals surface area (Å²) in [5, 5.41) is 3.54. The van der Waals surface area contributed by atoms with Crippen molar-refractivity contribution in [2.75, 3.05) is 7.11 Å². The molecule has 0 aliphatic heterocycles. The predicted octanol–water partition coefficient (Wildman–Crippen LogP) is 3.84. The van der Waals surface area contributed by atoms with E-state index < -0.39 is 0 Å². The molecule has 0 aliphatic carbocycles. The Kier molecular flexibility index (Phi) is 7.13.